The van der Waals surface area contributed by atoms with Crippen molar-refractivity contribution in [2.75, 3.05) is 12.3 Å². The van der Waals surface area contributed by atoms with Crippen LogP contribution >= 0.6 is 23.1 Å². The van der Waals surface area contributed by atoms with Gasteiger partial charge in [-0.1, -0.05) is 37.1 Å². The van der Waals surface area contributed by atoms with Crippen LogP contribution in [0, 0.1) is 0 Å². The lowest BCUT2D eigenvalue weighted by Crippen LogP contribution is -2.31. The second-order valence-corrected chi connectivity index (χ2v) is 9.92. The van der Waals surface area contributed by atoms with Crippen molar-refractivity contribution in [2.24, 2.45) is 0 Å². The molecule has 158 valence electrons. The zero-order chi connectivity index (χ0) is 20.3. The molecule has 1 atom stereocenters. The zero-order valence-corrected chi connectivity index (χ0v) is 18.5. The fourth-order valence-electron chi connectivity index (χ4n) is 4.67. The second kappa shape index (κ2) is 8.98. The van der Waals surface area contributed by atoms with Crippen molar-refractivity contribution < 1.29 is 9.21 Å². The molecule has 2 aliphatic rings. The van der Waals surface area contributed by atoms with Crippen LogP contribution in [0.3, 0.4) is 0 Å². The van der Waals surface area contributed by atoms with Crippen molar-refractivity contribution in [3.63, 3.8) is 0 Å². The fourth-order valence-corrected chi connectivity index (χ4v) is 6.43. The summed E-state index contributed by atoms with van der Waals surface area (Å²) in [6, 6.07) is 8.62. The second-order valence-electron chi connectivity index (χ2n) is 7.99. The Morgan fingerprint density at radius 3 is 2.80 bits per heavy atom. The Balaban J connectivity index is 1.34. The minimum atomic E-state index is 0.189. The van der Waals surface area contributed by atoms with Gasteiger partial charge < -0.3 is 9.32 Å². The smallest absolute Gasteiger partial charge is 0.233 e. The topological polar surface area (TPSA) is 64.2 Å². The summed E-state index contributed by atoms with van der Waals surface area (Å²) in [5, 5.41) is 11.8. The fraction of sp³-hybridized carbons (Fsp3) is 0.500. The van der Waals surface area contributed by atoms with Gasteiger partial charge in [0, 0.05) is 17.5 Å². The van der Waals surface area contributed by atoms with Gasteiger partial charge >= 0.3 is 0 Å². The van der Waals surface area contributed by atoms with Crippen molar-refractivity contribution >= 4 is 29.0 Å². The molecule has 0 radical (unpaired) electrons. The lowest BCUT2D eigenvalue weighted by Gasteiger charge is -2.26. The Kier molecular flexibility index (Phi) is 5.95. The number of thiophene rings is 1. The predicted octanol–water partition coefficient (Wildman–Crippen LogP) is 5.56. The lowest BCUT2D eigenvalue weighted by molar-refractivity contribution is -0.129. The standard InChI is InChI=1S/C22H26N4O2S2/c27-20(25-12-4-9-17(25)19-11-6-14-29-19)15-30-22-24-23-21(18-10-5-13-28-18)26(22)16-7-2-1-3-8-16/h5-6,10-11,13-14,16-17H,1-4,7-9,12,15H2. The van der Waals surface area contributed by atoms with Crippen molar-refractivity contribution in [3.05, 3.63) is 40.8 Å². The number of aromatic nitrogens is 3. The van der Waals surface area contributed by atoms with E-state index < -0.39 is 0 Å². The predicted molar refractivity (Wildman–Crippen MR) is 119 cm³/mol. The van der Waals surface area contributed by atoms with Crippen LogP contribution in [0.1, 0.15) is 61.9 Å². The molecule has 0 spiro atoms. The van der Waals surface area contributed by atoms with E-state index in [4.69, 9.17) is 4.42 Å². The third-order valence-electron chi connectivity index (χ3n) is 6.12. The van der Waals surface area contributed by atoms with E-state index in [1.165, 1.54) is 35.9 Å². The minimum Gasteiger partial charge on any atom is -0.461 e. The number of hydrogen-bond acceptors (Lipinski definition) is 6. The third kappa shape index (κ3) is 3.95. The summed E-state index contributed by atoms with van der Waals surface area (Å²) >= 11 is 3.25. The Hall–Kier alpha value is -2.06. The maximum absolute atomic E-state index is 13.1. The van der Waals surface area contributed by atoms with Crippen LogP contribution in [0.25, 0.3) is 11.6 Å². The molecule has 0 aromatic carbocycles. The van der Waals surface area contributed by atoms with Crippen LogP contribution in [0.2, 0.25) is 0 Å². The summed E-state index contributed by atoms with van der Waals surface area (Å²) in [5.41, 5.74) is 0. The molecule has 1 saturated heterocycles. The number of likely N-dealkylation sites (tertiary alicyclic amines) is 1. The van der Waals surface area contributed by atoms with E-state index in [2.05, 4.69) is 32.3 Å². The molecule has 4 heterocycles. The first-order valence-corrected chi connectivity index (χ1v) is 12.6. The number of furan rings is 1. The molecule has 3 aromatic rings. The number of carbonyl (C=O) groups is 1. The number of hydrogen-bond donors (Lipinski definition) is 0. The highest BCUT2D eigenvalue weighted by atomic mass is 32.2. The van der Waals surface area contributed by atoms with Crippen LogP contribution in [0.5, 0.6) is 0 Å². The van der Waals surface area contributed by atoms with Gasteiger partial charge in [0.05, 0.1) is 18.1 Å². The minimum absolute atomic E-state index is 0.189. The molecular formula is C22H26N4O2S2. The molecular weight excluding hydrogens is 416 g/mol. The van der Waals surface area contributed by atoms with Crippen LogP contribution in [-0.2, 0) is 4.79 Å². The maximum atomic E-state index is 13.1. The average molecular weight is 443 g/mol. The van der Waals surface area contributed by atoms with Gasteiger partial charge in [0.1, 0.15) is 0 Å². The van der Waals surface area contributed by atoms with Crippen LogP contribution < -0.4 is 0 Å². The molecule has 6 nitrogen and oxygen atoms in total. The first-order chi connectivity index (χ1) is 14.8. The summed E-state index contributed by atoms with van der Waals surface area (Å²) < 4.78 is 7.84. The Morgan fingerprint density at radius 2 is 2.03 bits per heavy atom. The molecule has 1 unspecified atom stereocenters. The normalized spacial score (nSPS) is 20.1. The van der Waals surface area contributed by atoms with E-state index in [0.29, 0.717) is 11.8 Å². The molecule has 1 saturated carbocycles. The van der Waals surface area contributed by atoms with Gasteiger partial charge in [-0.2, -0.15) is 0 Å². The summed E-state index contributed by atoms with van der Waals surface area (Å²) in [4.78, 5) is 16.4. The number of amides is 1. The zero-order valence-electron chi connectivity index (χ0n) is 16.9. The first-order valence-electron chi connectivity index (χ1n) is 10.8. The molecule has 30 heavy (non-hydrogen) atoms. The van der Waals surface area contributed by atoms with Gasteiger partial charge in [-0.3, -0.25) is 9.36 Å². The largest absolute Gasteiger partial charge is 0.461 e. The maximum Gasteiger partial charge on any atom is 0.233 e. The van der Waals surface area contributed by atoms with Gasteiger partial charge in [0.25, 0.3) is 0 Å². The number of carbonyl (C=O) groups excluding carboxylic acids is 1. The number of thioether (sulfide) groups is 1. The Bertz CT molecular complexity index is 962. The van der Waals surface area contributed by atoms with E-state index >= 15 is 0 Å². The highest BCUT2D eigenvalue weighted by Crippen LogP contribution is 2.37. The van der Waals surface area contributed by atoms with E-state index in [9.17, 15) is 4.79 Å². The Morgan fingerprint density at radius 1 is 1.13 bits per heavy atom. The van der Waals surface area contributed by atoms with Crippen LogP contribution in [0.4, 0.5) is 0 Å². The quantitative estimate of drug-likeness (QED) is 0.468. The van der Waals surface area contributed by atoms with E-state index in [0.717, 1.165) is 49.0 Å². The Labute approximate surface area is 184 Å². The van der Waals surface area contributed by atoms with Gasteiger partial charge in [0.15, 0.2) is 10.9 Å². The number of rotatable bonds is 6. The summed E-state index contributed by atoms with van der Waals surface area (Å²) in [7, 11) is 0. The highest BCUT2D eigenvalue weighted by Gasteiger charge is 2.31. The molecule has 2 fully saturated rings. The summed E-state index contributed by atoms with van der Waals surface area (Å²) in [6.45, 7) is 0.842. The third-order valence-corrected chi connectivity index (χ3v) is 8.02. The van der Waals surface area contributed by atoms with E-state index in [1.807, 2.05) is 17.0 Å². The van der Waals surface area contributed by atoms with E-state index in [1.54, 1.807) is 17.6 Å². The summed E-state index contributed by atoms with van der Waals surface area (Å²) in [6.07, 6.45) is 9.77. The average Bonchev–Trinajstić information content (AvgIpc) is 3.57. The lowest BCUT2D eigenvalue weighted by atomic mass is 9.95. The molecule has 0 bridgehead atoms. The van der Waals surface area contributed by atoms with Crippen LogP contribution in [0.15, 0.2) is 45.5 Å². The monoisotopic (exact) mass is 442 g/mol. The highest BCUT2D eigenvalue weighted by molar-refractivity contribution is 7.99. The molecule has 5 rings (SSSR count). The number of nitrogens with zero attached hydrogens (tertiary/aromatic N) is 4. The molecule has 1 aliphatic carbocycles. The molecule has 1 aliphatic heterocycles. The van der Waals surface area contributed by atoms with E-state index in [-0.39, 0.29) is 11.9 Å². The molecule has 0 N–H and O–H groups in total. The van der Waals surface area contributed by atoms with Gasteiger partial charge in [0.2, 0.25) is 11.7 Å². The van der Waals surface area contributed by atoms with Crippen molar-refractivity contribution in [1.82, 2.24) is 19.7 Å². The molecule has 8 heteroatoms. The van der Waals surface area contributed by atoms with Crippen molar-refractivity contribution in [2.45, 2.75) is 62.2 Å². The van der Waals surface area contributed by atoms with Crippen molar-refractivity contribution in [1.29, 1.82) is 0 Å². The SMILES string of the molecule is O=C(CSc1nnc(-c2ccco2)n1C1CCCCC1)N1CCCC1c1cccs1. The van der Waals surface area contributed by atoms with Crippen LogP contribution in [-0.4, -0.2) is 37.9 Å². The van der Waals surface area contributed by atoms with Crippen molar-refractivity contribution in [3.8, 4) is 11.6 Å². The summed E-state index contributed by atoms with van der Waals surface area (Å²) in [5.74, 6) is 2.10. The van der Waals surface area contributed by atoms with Gasteiger partial charge in [-0.05, 0) is 49.3 Å². The van der Waals surface area contributed by atoms with Gasteiger partial charge in [-0.15, -0.1) is 21.5 Å². The molecule has 1 amide bonds. The van der Waals surface area contributed by atoms with Gasteiger partial charge in [-0.25, -0.2) is 0 Å². The molecule has 3 aromatic heterocycles. The first kappa shape index (κ1) is 19.9.